The molecule has 4 nitrogen and oxygen atoms in total. The van der Waals surface area contributed by atoms with Gasteiger partial charge in [0.1, 0.15) is 6.61 Å². The van der Waals surface area contributed by atoms with Gasteiger partial charge in [-0.25, -0.2) is 4.79 Å². The number of carbonyl (C=O) groups excluding carboxylic acids is 1. The van der Waals surface area contributed by atoms with Crippen molar-refractivity contribution >= 4 is 6.09 Å². The lowest BCUT2D eigenvalue weighted by Gasteiger charge is -2.30. The molecule has 0 aromatic heterocycles. The third-order valence-corrected chi connectivity index (χ3v) is 4.60. The summed E-state index contributed by atoms with van der Waals surface area (Å²) >= 11 is 0. The zero-order valence-electron chi connectivity index (χ0n) is 14.1. The predicted octanol–water partition coefficient (Wildman–Crippen LogP) is 3.93. The number of amides is 1. The van der Waals surface area contributed by atoms with Crippen molar-refractivity contribution < 1.29 is 14.6 Å². The van der Waals surface area contributed by atoms with Gasteiger partial charge in [-0.3, -0.25) is 4.90 Å². The van der Waals surface area contributed by atoms with Crippen LogP contribution in [0.25, 0.3) is 0 Å². The maximum atomic E-state index is 12.2. The quantitative estimate of drug-likeness (QED) is 0.899. The monoisotopic (exact) mass is 337 g/mol. The van der Waals surface area contributed by atoms with Gasteiger partial charge < -0.3 is 9.84 Å². The second-order valence-corrected chi connectivity index (χ2v) is 6.23. The Balaban J connectivity index is 1.57. The van der Waals surface area contributed by atoms with E-state index in [2.05, 4.69) is 0 Å². The summed E-state index contributed by atoms with van der Waals surface area (Å²) in [7, 11) is 0. The first kappa shape index (κ1) is 17.2. The molecule has 2 atom stereocenters. The highest BCUT2D eigenvalue weighted by atomic mass is 16.6. The molecular weight excluding hydrogens is 314 g/mol. The van der Waals surface area contributed by atoms with Crippen LogP contribution in [0.3, 0.4) is 0 Å². The van der Waals surface area contributed by atoms with Gasteiger partial charge in [0.15, 0.2) is 0 Å². The Bertz CT molecular complexity index is 700. The third-order valence-electron chi connectivity index (χ3n) is 4.60. The Morgan fingerprint density at radius 2 is 1.80 bits per heavy atom. The Morgan fingerprint density at radius 3 is 2.40 bits per heavy atom. The molecule has 2 aromatic carbocycles. The molecule has 2 unspecified atom stereocenters. The van der Waals surface area contributed by atoms with Crippen molar-refractivity contribution in [1.82, 2.24) is 4.90 Å². The minimum absolute atomic E-state index is 0.0555. The van der Waals surface area contributed by atoms with Crippen molar-refractivity contribution in [3.63, 3.8) is 0 Å². The minimum Gasteiger partial charge on any atom is -0.444 e. The molecule has 1 aliphatic rings. The summed E-state index contributed by atoms with van der Waals surface area (Å²) < 4.78 is 5.36. The van der Waals surface area contributed by atoms with Crippen molar-refractivity contribution in [2.75, 3.05) is 13.2 Å². The number of hydrogen-bond donors (Lipinski definition) is 1. The lowest BCUT2D eigenvalue weighted by molar-refractivity contribution is 0.106. The molecular formula is C21H23NO3. The molecule has 0 saturated heterocycles. The van der Waals surface area contributed by atoms with Gasteiger partial charge in [0.2, 0.25) is 0 Å². The molecule has 0 bridgehead atoms. The molecule has 0 fully saturated rings. The highest BCUT2D eigenvalue weighted by Gasteiger charge is 2.26. The minimum atomic E-state index is -0.334. The number of benzene rings is 2. The van der Waals surface area contributed by atoms with Gasteiger partial charge in [-0.2, -0.15) is 0 Å². The number of nitrogens with zero attached hydrogens (tertiary/aromatic N) is 1. The number of rotatable bonds is 5. The van der Waals surface area contributed by atoms with E-state index in [-0.39, 0.29) is 31.1 Å². The van der Waals surface area contributed by atoms with E-state index < -0.39 is 0 Å². The van der Waals surface area contributed by atoms with Gasteiger partial charge in [-0.05, 0) is 23.5 Å². The van der Waals surface area contributed by atoms with Crippen LogP contribution in [0.15, 0.2) is 72.9 Å². The molecule has 1 heterocycles. The molecule has 25 heavy (non-hydrogen) atoms. The van der Waals surface area contributed by atoms with Crippen LogP contribution in [0, 0.1) is 5.92 Å². The fourth-order valence-corrected chi connectivity index (χ4v) is 3.15. The second kappa shape index (κ2) is 8.49. The van der Waals surface area contributed by atoms with E-state index in [0.717, 1.165) is 17.5 Å². The average molecular weight is 337 g/mol. The Kier molecular flexibility index (Phi) is 5.86. The maximum absolute atomic E-state index is 12.2. The molecule has 1 N–H and O–H groups in total. The maximum Gasteiger partial charge on any atom is 0.414 e. The summed E-state index contributed by atoms with van der Waals surface area (Å²) in [6.45, 7) is 0.965. The third kappa shape index (κ3) is 4.48. The molecule has 1 aliphatic heterocycles. The number of hydrogen-bond acceptors (Lipinski definition) is 3. The van der Waals surface area contributed by atoms with Crippen LogP contribution in [0.1, 0.15) is 23.5 Å². The normalized spacial score (nSPS) is 18.0. The van der Waals surface area contributed by atoms with E-state index in [9.17, 15) is 9.90 Å². The standard InChI is InChI=1S/C21H23NO3/c23-15-20(18-9-5-2-6-10-18)19-11-13-22(14-12-19)21(24)25-16-17-7-3-1-4-8-17/h1-11,13,19-20,23H,12,14-16H2. The number of allylic oxidation sites excluding steroid dienone is 1. The van der Waals surface area contributed by atoms with Gasteiger partial charge in [0.05, 0.1) is 6.61 Å². The molecule has 130 valence electrons. The number of ether oxygens (including phenoxy) is 1. The first-order valence-electron chi connectivity index (χ1n) is 8.59. The SMILES string of the molecule is O=C(OCc1ccccc1)N1C=CC(C(CO)c2ccccc2)CC1. The summed E-state index contributed by atoms with van der Waals surface area (Å²) in [5, 5.41) is 9.78. The summed E-state index contributed by atoms with van der Waals surface area (Å²) in [6, 6.07) is 19.7. The van der Waals surface area contributed by atoms with E-state index in [1.807, 2.05) is 66.7 Å². The first-order chi connectivity index (χ1) is 12.3. The Morgan fingerprint density at radius 1 is 1.12 bits per heavy atom. The van der Waals surface area contributed by atoms with Crippen LogP contribution < -0.4 is 0 Å². The van der Waals surface area contributed by atoms with Crippen molar-refractivity contribution in [1.29, 1.82) is 0 Å². The summed E-state index contributed by atoms with van der Waals surface area (Å²) in [6.07, 6.45) is 4.25. The number of carbonyl (C=O) groups is 1. The smallest absolute Gasteiger partial charge is 0.414 e. The highest BCUT2D eigenvalue weighted by Crippen LogP contribution is 2.30. The molecule has 1 amide bonds. The number of aliphatic hydroxyl groups excluding tert-OH is 1. The van der Waals surface area contributed by atoms with E-state index in [1.54, 1.807) is 11.1 Å². The lowest BCUT2D eigenvalue weighted by Crippen LogP contribution is -2.33. The summed E-state index contributed by atoms with van der Waals surface area (Å²) in [4.78, 5) is 13.8. The molecule has 0 radical (unpaired) electrons. The largest absolute Gasteiger partial charge is 0.444 e. The van der Waals surface area contributed by atoms with E-state index in [0.29, 0.717) is 6.54 Å². The van der Waals surface area contributed by atoms with Crippen molar-refractivity contribution in [3.8, 4) is 0 Å². The van der Waals surface area contributed by atoms with Crippen LogP contribution >= 0.6 is 0 Å². The van der Waals surface area contributed by atoms with Crippen LogP contribution in [-0.2, 0) is 11.3 Å². The fourth-order valence-electron chi connectivity index (χ4n) is 3.15. The van der Waals surface area contributed by atoms with Crippen molar-refractivity contribution in [2.45, 2.75) is 18.9 Å². The molecule has 0 aliphatic carbocycles. The molecule has 3 rings (SSSR count). The summed E-state index contributed by atoms with van der Waals surface area (Å²) in [5.41, 5.74) is 2.10. The van der Waals surface area contributed by atoms with Crippen LogP contribution in [0.5, 0.6) is 0 Å². The van der Waals surface area contributed by atoms with Crippen LogP contribution in [0.2, 0.25) is 0 Å². The molecule has 0 spiro atoms. The first-order valence-corrected chi connectivity index (χ1v) is 8.59. The second-order valence-electron chi connectivity index (χ2n) is 6.23. The highest BCUT2D eigenvalue weighted by molar-refractivity contribution is 5.69. The van der Waals surface area contributed by atoms with Gasteiger partial charge in [-0.15, -0.1) is 0 Å². The number of aliphatic hydroxyl groups is 1. The van der Waals surface area contributed by atoms with Gasteiger partial charge >= 0.3 is 6.09 Å². The van der Waals surface area contributed by atoms with E-state index in [1.165, 1.54) is 0 Å². The Hall–Kier alpha value is -2.59. The van der Waals surface area contributed by atoms with Crippen LogP contribution in [0.4, 0.5) is 4.79 Å². The van der Waals surface area contributed by atoms with E-state index >= 15 is 0 Å². The molecule has 4 heteroatoms. The van der Waals surface area contributed by atoms with Gasteiger partial charge in [0, 0.05) is 18.7 Å². The Labute approximate surface area is 148 Å². The molecule has 0 saturated carbocycles. The molecule has 2 aromatic rings. The predicted molar refractivity (Wildman–Crippen MR) is 96.8 cm³/mol. The topological polar surface area (TPSA) is 49.8 Å². The van der Waals surface area contributed by atoms with Gasteiger partial charge in [-0.1, -0.05) is 66.7 Å². The summed E-state index contributed by atoms with van der Waals surface area (Å²) in [5.74, 6) is 0.269. The van der Waals surface area contributed by atoms with Crippen molar-refractivity contribution in [2.24, 2.45) is 5.92 Å². The van der Waals surface area contributed by atoms with E-state index in [4.69, 9.17) is 4.74 Å². The average Bonchev–Trinajstić information content (AvgIpc) is 2.69. The fraction of sp³-hybridized carbons (Fsp3) is 0.286. The van der Waals surface area contributed by atoms with Crippen LogP contribution in [-0.4, -0.2) is 29.3 Å². The lowest BCUT2D eigenvalue weighted by atomic mass is 9.83. The zero-order valence-corrected chi connectivity index (χ0v) is 14.1. The zero-order chi connectivity index (χ0) is 17.5. The van der Waals surface area contributed by atoms with Crippen molar-refractivity contribution in [3.05, 3.63) is 84.1 Å². The van der Waals surface area contributed by atoms with Gasteiger partial charge in [0.25, 0.3) is 0 Å².